The summed E-state index contributed by atoms with van der Waals surface area (Å²) in [6, 6.07) is 8.67. The van der Waals surface area contributed by atoms with E-state index in [1.807, 2.05) is 13.1 Å². The fraction of sp³-hybridized carbons (Fsp3) is 0.429. The number of nitrogens with one attached hydrogen (secondary N) is 1. The average Bonchev–Trinajstić information content (AvgIpc) is 3.10. The molecule has 0 spiro atoms. The number of rotatable bonds is 6. The van der Waals surface area contributed by atoms with E-state index in [0.717, 1.165) is 13.1 Å². The smallest absolute Gasteiger partial charge is 0.258 e. The van der Waals surface area contributed by atoms with Gasteiger partial charge in [0, 0.05) is 44.7 Å². The number of hydrogen-bond acceptors (Lipinski definition) is 8. The van der Waals surface area contributed by atoms with Gasteiger partial charge in [0.25, 0.3) is 5.91 Å². The van der Waals surface area contributed by atoms with Crippen LogP contribution in [0.25, 0.3) is 0 Å². The van der Waals surface area contributed by atoms with Gasteiger partial charge in [0.15, 0.2) is 0 Å². The van der Waals surface area contributed by atoms with E-state index in [0.29, 0.717) is 48.1 Å². The number of methoxy groups -OCH3 is 1. The number of thioether (sulfide) groups is 1. The minimum Gasteiger partial charge on any atom is -0.400 e. The van der Waals surface area contributed by atoms with Gasteiger partial charge in [-0.2, -0.15) is 5.26 Å². The number of ether oxygens (including phenoxy) is 1. The van der Waals surface area contributed by atoms with E-state index in [1.54, 1.807) is 36.3 Å². The summed E-state index contributed by atoms with van der Waals surface area (Å²) in [6.45, 7) is 3.52. The van der Waals surface area contributed by atoms with Crippen LogP contribution in [0.15, 0.2) is 40.5 Å². The summed E-state index contributed by atoms with van der Waals surface area (Å²) in [5, 5.41) is 11.5. The highest BCUT2D eigenvalue weighted by Crippen LogP contribution is 2.34. The minimum absolute atomic E-state index is 0.198. The van der Waals surface area contributed by atoms with Crippen molar-refractivity contribution in [3.05, 3.63) is 41.1 Å². The Morgan fingerprint density at radius 3 is 2.77 bits per heavy atom. The van der Waals surface area contributed by atoms with Crippen LogP contribution in [0, 0.1) is 11.3 Å². The lowest BCUT2D eigenvalue weighted by Gasteiger charge is -2.32. The average molecular weight is 443 g/mol. The SMILES string of the molecule is COCCN=C1S[C@H](C(=O)Nc2cccc(C#N)c2)C(N)=C1C(=O)N1CCN(C)CC1. The Labute approximate surface area is 185 Å². The van der Waals surface area contributed by atoms with Crippen LogP contribution in [-0.2, 0) is 14.3 Å². The van der Waals surface area contributed by atoms with Gasteiger partial charge in [-0.05, 0) is 25.2 Å². The summed E-state index contributed by atoms with van der Waals surface area (Å²) in [5.41, 5.74) is 7.78. The van der Waals surface area contributed by atoms with Gasteiger partial charge in [0.2, 0.25) is 5.91 Å². The molecule has 1 saturated heterocycles. The van der Waals surface area contributed by atoms with Gasteiger partial charge < -0.3 is 25.6 Å². The molecule has 31 heavy (non-hydrogen) atoms. The van der Waals surface area contributed by atoms with Crippen molar-refractivity contribution < 1.29 is 14.3 Å². The number of hydrogen-bond donors (Lipinski definition) is 2. The zero-order chi connectivity index (χ0) is 22.4. The van der Waals surface area contributed by atoms with Gasteiger partial charge in [0.05, 0.1) is 30.4 Å². The third kappa shape index (κ3) is 5.44. The molecule has 0 aliphatic carbocycles. The number of carbonyl (C=O) groups excluding carboxylic acids is 2. The van der Waals surface area contributed by atoms with Gasteiger partial charge in [0.1, 0.15) is 10.3 Å². The summed E-state index contributed by atoms with van der Waals surface area (Å²) in [7, 11) is 3.59. The fourth-order valence-corrected chi connectivity index (χ4v) is 4.42. The summed E-state index contributed by atoms with van der Waals surface area (Å²) in [6.07, 6.45) is 0. The highest BCUT2D eigenvalue weighted by Gasteiger charge is 2.40. The largest absolute Gasteiger partial charge is 0.400 e. The molecule has 10 heteroatoms. The van der Waals surface area contributed by atoms with Gasteiger partial charge in [-0.15, -0.1) is 0 Å². The number of aliphatic imine (C=N–C) groups is 1. The molecule has 0 bridgehead atoms. The third-order valence-corrected chi connectivity index (χ3v) is 6.33. The molecule has 2 aliphatic heterocycles. The summed E-state index contributed by atoms with van der Waals surface area (Å²) in [4.78, 5) is 34.6. The van der Waals surface area contributed by atoms with E-state index < -0.39 is 5.25 Å². The van der Waals surface area contributed by atoms with Crippen molar-refractivity contribution in [2.24, 2.45) is 10.7 Å². The topological polar surface area (TPSA) is 124 Å². The summed E-state index contributed by atoms with van der Waals surface area (Å²) >= 11 is 1.17. The van der Waals surface area contributed by atoms with E-state index >= 15 is 0 Å². The molecule has 3 rings (SSSR count). The second kappa shape index (κ2) is 10.4. The molecule has 0 aromatic heterocycles. The molecule has 1 aromatic carbocycles. The zero-order valence-electron chi connectivity index (χ0n) is 17.6. The number of nitriles is 1. The Hall–Kier alpha value is -2.87. The van der Waals surface area contributed by atoms with Crippen LogP contribution in [0.3, 0.4) is 0 Å². The summed E-state index contributed by atoms with van der Waals surface area (Å²) < 4.78 is 5.06. The summed E-state index contributed by atoms with van der Waals surface area (Å²) in [5.74, 6) is -0.561. The highest BCUT2D eigenvalue weighted by molar-refractivity contribution is 8.16. The minimum atomic E-state index is -0.779. The molecule has 2 amide bonds. The Balaban J connectivity index is 1.83. The lowest BCUT2D eigenvalue weighted by molar-refractivity contribution is -0.128. The van der Waals surface area contributed by atoms with Gasteiger partial charge >= 0.3 is 0 Å². The van der Waals surface area contributed by atoms with Gasteiger partial charge in [-0.25, -0.2) is 0 Å². The second-order valence-corrected chi connectivity index (χ2v) is 8.38. The standard InChI is InChI=1S/C21H26N6O3S/c1-26-7-9-27(10-8-26)21(29)16-17(23)18(31-20(16)24-6-11-30-2)19(28)25-15-5-3-4-14(12-15)13-22/h3-5,12,18H,6-11,23H2,1-2H3,(H,25,28)/t18-/m0/s1. The van der Waals surface area contributed by atoms with Gasteiger partial charge in [-0.3, -0.25) is 14.6 Å². The lowest BCUT2D eigenvalue weighted by atomic mass is 10.1. The van der Waals surface area contributed by atoms with Crippen LogP contribution < -0.4 is 11.1 Å². The highest BCUT2D eigenvalue weighted by atomic mass is 32.2. The first-order valence-electron chi connectivity index (χ1n) is 9.93. The second-order valence-electron chi connectivity index (χ2n) is 7.29. The lowest BCUT2D eigenvalue weighted by Crippen LogP contribution is -2.48. The zero-order valence-corrected chi connectivity index (χ0v) is 18.4. The maximum absolute atomic E-state index is 13.2. The van der Waals surface area contributed by atoms with Crippen molar-refractivity contribution in [3.63, 3.8) is 0 Å². The maximum atomic E-state index is 13.2. The number of anilines is 1. The van der Waals surface area contributed by atoms with E-state index in [2.05, 4.69) is 15.2 Å². The molecular weight excluding hydrogens is 416 g/mol. The third-order valence-electron chi connectivity index (χ3n) is 5.07. The molecule has 0 unspecified atom stereocenters. The molecule has 9 nitrogen and oxygen atoms in total. The molecule has 1 fully saturated rings. The Morgan fingerprint density at radius 2 is 2.10 bits per heavy atom. The first kappa shape index (κ1) is 22.8. The monoisotopic (exact) mass is 442 g/mol. The van der Waals surface area contributed by atoms with Crippen molar-refractivity contribution >= 4 is 34.3 Å². The molecular formula is C21H26N6O3S. The van der Waals surface area contributed by atoms with Crippen LogP contribution >= 0.6 is 11.8 Å². The van der Waals surface area contributed by atoms with Crippen LogP contribution in [0.4, 0.5) is 5.69 Å². The van der Waals surface area contributed by atoms with Crippen molar-refractivity contribution in [1.29, 1.82) is 5.26 Å². The number of nitrogens with zero attached hydrogens (tertiary/aromatic N) is 4. The number of nitrogens with two attached hydrogens (primary N) is 1. The maximum Gasteiger partial charge on any atom is 0.258 e. The molecule has 3 N–H and O–H groups in total. The first-order valence-corrected chi connectivity index (χ1v) is 10.8. The molecule has 2 aliphatic rings. The number of amides is 2. The molecule has 1 aromatic rings. The number of benzene rings is 1. The Morgan fingerprint density at radius 1 is 1.35 bits per heavy atom. The van der Waals surface area contributed by atoms with Crippen molar-refractivity contribution in [2.45, 2.75) is 5.25 Å². The normalized spacial score (nSPS) is 20.7. The van der Waals surface area contributed by atoms with Gasteiger partial charge in [-0.1, -0.05) is 17.8 Å². The van der Waals surface area contributed by atoms with Crippen LogP contribution in [0.5, 0.6) is 0 Å². The molecule has 0 radical (unpaired) electrons. The Bertz CT molecular complexity index is 947. The van der Waals surface area contributed by atoms with E-state index in [-0.39, 0.29) is 17.5 Å². The van der Waals surface area contributed by atoms with Crippen LogP contribution in [0.2, 0.25) is 0 Å². The van der Waals surface area contributed by atoms with Crippen molar-refractivity contribution in [3.8, 4) is 6.07 Å². The van der Waals surface area contributed by atoms with E-state index in [1.165, 1.54) is 11.8 Å². The first-order chi connectivity index (χ1) is 14.9. The molecule has 0 saturated carbocycles. The molecule has 164 valence electrons. The fourth-order valence-electron chi connectivity index (χ4n) is 3.30. The predicted octanol–water partition coefficient (Wildman–Crippen LogP) is 0.644. The van der Waals surface area contributed by atoms with Crippen molar-refractivity contribution in [1.82, 2.24) is 9.80 Å². The van der Waals surface area contributed by atoms with Crippen molar-refractivity contribution in [2.75, 3.05) is 58.8 Å². The molecule has 1 atom stereocenters. The predicted molar refractivity (Wildman–Crippen MR) is 121 cm³/mol. The van der Waals surface area contributed by atoms with Crippen LogP contribution in [-0.4, -0.2) is 85.4 Å². The van der Waals surface area contributed by atoms with E-state index in [4.69, 9.17) is 15.7 Å². The quantitative estimate of drug-likeness (QED) is 0.620. The Kier molecular flexibility index (Phi) is 7.68. The number of carbonyl (C=O) groups is 2. The van der Waals surface area contributed by atoms with Crippen LogP contribution in [0.1, 0.15) is 5.56 Å². The molecule has 2 heterocycles. The number of piperazine rings is 1. The van der Waals surface area contributed by atoms with E-state index in [9.17, 15) is 9.59 Å². The number of likely N-dealkylation sites (N-methyl/N-ethyl adjacent to an activating group) is 1.